The number of aromatic hydroxyl groups is 1. The molecular weight excluding hydrogens is 427 g/mol. The molecule has 0 saturated carbocycles. The number of halogens is 1. The Balaban J connectivity index is 1.64. The fourth-order valence-corrected chi connectivity index (χ4v) is 4.35. The predicted octanol–water partition coefficient (Wildman–Crippen LogP) is 4.68. The number of benzene rings is 3. The van der Waals surface area contributed by atoms with Gasteiger partial charge in [0, 0.05) is 0 Å². The SMILES string of the molecule is C=BNC(CN)CCc1ccc(Sc2cc(OCc3ccccc3)ccc2O)cc1Cl. The van der Waals surface area contributed by atoms with Crippen molar-refractivity contribution in [3.8, 4) is 11.5 Å². The molecule has 0 bridgehead atoms. The first-order chi connectivity index (χ1) is 15.1. The Morgan fingerprint density at radius 1 is 1.13 bits per heavy atom. The van der Waals surface area contributed by atoms with E-state index in [2.05, 4.69) is 11.7 Å². The monoisotopic (exact) mass is 452 g/mol. The Bertz CT molecular complexity index is 1000. The van der Waals surface area contributed by atoms with Crippen LogP contribution in [0.1, 0.15) is 17.5 Å². The molecule has 4 N–H and O–H groups in total. The molecule has 31 heavy (non-hydrogen) atoms. The number of hydrogen-bond donors (Lipinski definition) is 3. The van der Waals surface area contributed by atoms with Gasteiger partial charge in [-0.15, -0.1) is 0 Å². The molecule has 0 aliphatic carbocycles. The normalized spacial score (nSPS) is 11.5. The van der Waals surface area contributed by atoms with Gasteiger partial charge in [-0.2, -0.15) is 0 Å². The van der Waals surface area contributed by atoms with Crippen molar-refractivity contribution in [2.75, 3.05) is 6.54 Å². The van der Waals surface area contributed by atoms with Gasteiger partial charge in [0.2, 0.25) is 0 Å². The van der Waals surface area contributed by atoms with E-state index in [0.29, 0.717) is 28.8 Å². The van der Waals surface area contributed by atoms with E-state index >= 15 is 0 Å². The first-order valence-electron chi connectivity index (χ1n) is 10.1. The molecule has 1 atom stereocenters. The summed E-state index contributed by atoms with van der Waals surface area (Å²) in [4.78, 5) is 1.66. The third kappa shape index (κ3) is 7.06. The van der Waals surface area contributed by atoms with Gasteiger partial charge < -0.3 is 4.74 Å². The summed E-state index contributed by atoms with van der Waals surface area (Å²) < 4.78 is 5.88. The molecule has 0 amide bonds. The maximum atomic E-state index is 10.3. The van der Waals surface area contributed by atoms with Crippen LogP contribution in [-0.2, 0) is 13.0 Å². The van der Waals surface area contributed by atoms with Crippen LogP contribution in [0.3, 0.4) is 0 Å². The maximum absolute atomic E-state index is 10.3. The van der Waals surface area contributed by atoms with Crippen molar-refractivity contribution in [3.63, 3.8) is 0 Å². The molecule has 1 unspecified atom stereocenters. The molecule has 7 heteroatoms. The van der Waals surface area contributed by atoms with Gasteiger partial charge >= 0.3 is 141 Å². The van der Waals surface area contributed by atoms with Crippen LogP contribution < -0.4 is 15.7 Å². The Labute approximate surface area is 193 Å². The molecule has 0 aliphatic heterocycles. The van der Waals surface area contributed by atoms with Crippen LogP contribution in [0.5, 0.6) is 11.5 Å². The van der Waals surface area contributed by atoms with E-state index in [1.165, 1.54) is 11.8 Å². The van der Waals surface area contributed by atoms with Crippen molar-refractivity contribution in [2.24, 2.45) is 5.73 Å². The molecule has 0 radical (unpaired) electrons. The van der Waals surface area contributed by atoms with Crippen LogP contribution in [0, 0.1) is 0 Å². The average molecular weight is 453 g/mol. The van der Waals surface area contributed by atoms with E-state index in [9.17, 15) is 5.11 Å². The van der Waals surface area contributed by atoms with Crippen LogP contribution in [0.2, 0.25) is 5.02 Å². The van der Waals surface area contributed by atoms with Gasteiger partial charge in [-0.1, -0.05) is 30.3 Å². The van der Waals surface area contributed by atoms with Gasteiger partial charge in [0.05, 0.1) is 0 Å². The molecule has 0 aromatic heterocycles. The Kier molecular flexibility index (Phi) is 8.89. The molecule has 4 nitrogen and oxygen atoms in total. The summed E-state index contributed by atoms with van der Waals surface area (Å²) in [5.74, 6) is 0.910. The van der Waals surface area contributed by atoms with Crippen LogP contribution in [0.15, 0.2) is 76.5 Å². The fourth-order valence-electron chi connectivity index (χ4n) is 3.09. The number of rotatable bonds is 11. The number of nitrogens with one attached hydrogen (secondary N) is 1. The summed E-state index contributed by atoms with van der Waals surface area (Å²) in [6, 6.07) is 21.4. The number of ether oxygens (including phenoxy) is 1. The van der Waals surface area contributed by atoms with E-state index in [0.717, 1.165) is 28.9 Å². The standard InChI is InChI=1S/C24H26BClN2O2S/c1-25-28-19(15-27)9-7-18-8-11-21(14-22(18)26)31-24-13-20(10-12-23(24)29)30-16-17-5-3-2-4-6-17/h2-6,8,10-14,19,28-29H,1,7,9,15-16,27H2. The minimum atomic E-state index is 0.179. The molecule has 3 aromatic carbocycles. The van der Waals surface area contributed by atoms with E-state index in [1.807, 2.05) is 54.6 Å². The second-order valence-corrected chi connectivity index (χ2v) is 8.62. The molecule has 3 rings (SSSR count). The van der Waals surface area contributed by atoms with E-state index in [1.54, 1.807) is 19.2 Å². The Morgan fingerprint density at radius 2 is 1.94 bits per heavy atom. The van der Waals surface area contributed by atoms with Gasteiger partial charge in [0.15, 0.2) is 0 Å². The van der Waals surface area contributed by atoms with E-state index < -0.39 is 0 Å². The summed E-state index contributed by atoms with van der Waals surface area (Å²) in [6.07, 6.45) is 1.69. The number of hydrogen-bond acceptors (Lipinski definition) is 5. The van der Waals surface area contributed by atoms with E-state index in [-0.39, 0.29) is 11.8 Å². The molecular formula is C24H26BClN2O2S. The molecule has 3 aromatic rings. The van der Waals surface area contributed by atoms with E-state index in [4.69, 9.17) is 22.1 Å². The van der Waals surface area contributed by atoms with Crippen molar-refractivity contribution < 1.29 is 9.84 Å². The van der Waals surface area contributed by atoms with Crippen molar-refractivity contribution in [2.45, 2.75) is 35.3 Å². The van der Waals surface area contributed by atoms with Crippen LogP contribution in [0.4, 0.5) is 0 Å². The van der Waals surface area contributed by atoms with Crippen molar-refractivity contribution >= 4 is 36.9 Å². The van der Waals surface area contributed by atoms with Crippen LogP contribution in [-0.4, -0.2) is 31.2 Å². The summed E-state index contributed by atoms with van der Waals surface area (Å²) in [7, 11) is 1.67. The van der Waals surface area contributed by atoms with Gasteiger partial charge in [-0.25, -0.2) is 0 Å². The minimum absolute atomic E-state index is 0.179. The van der Waals surface area contributed by atoms with Gasteiger partial charge in [-0.05, 0) is 11.6 Å². The van der Waals surface area contributed by atoms with Gasteiger partial charge in [0.25, 0.3) is 0 Å². The van der Waals surface area contributed by atoms with Gasteiger partial charge in [-0.3, -0.25) is 0 Å². The van der Waals surface area contributed by atoms with Gasteiger partial charge in [0.1, 0.15) is 6.61 Å². The zero-order chi connectivity index (χ0) is 22.1. The molecule has 160 valence electrons. The third-order valence-electron chi connectivity index (χ3n) is 4.83. The quantitative estimate of drug-likeness (QED) is 0.369. The Hall–Kier alpha value is -2.41. The molecule has 0 spiro atoms. The first kappa shape index (κ1) is 23.3. The summed E-state index contributed by atoms with van der Waals surface area (Å²) in [5, 5.41) is 14.1. The number of aryl methyl sites for hydroxylation is 1. The topological polar surface area (TPSA) is 67.5 Å². The zero-order valence-electron chi connectivity index (χ0n) is 17.3. The second-order valence-electron chi connectivity index (χ2n) is 7.10. The summed E-state index contributed by atoms with van der Waals surface area (Å²) in [5.41, 5.74) is 7.93. The zero-order valence-corrected chi connectivity index (χ0v) is 18.8. The molecule has 0 fully saturated rings. The van der Waals surface area contributed by atoms with Crippen molar-refractivity contribution in [1.82, 2.24) is 5.23 Å². The summed E-state index contributed by atoms with van der Waals surface area (Å²) >= 11 is 7.97. The predicted molar refractivity (Wildman–Crippen MR) is 132 cm³/mol. The average Bonchev–Trinajstić information content (AvgIpc) is 2.79. The van der Waals surface area contributed by atoms with Crippen LogP contribution in [0.25, 0.3) is 0 Å². The van der Waals surface area contributed by atoms with Crippen molar-refractivity contribution in [3.05, 3.63) is 82.9 Å². The fraction of sp³-hybridized carbons (Fsp3) is 0.208. The van der Waals surface area contributed by atoms with Crippen molar-refractivity contribution in [1.29, 1.82) is 0 Å². The molecule has 0 saturated heterocycles. The number of nitrogens with two attached hydrogens (primary N) is 1. The Morgan fingerprint density at radius 3 is 2.65 bits per heavy atom. The number of phenolic OH excluding ortho intramolecular Hbond substituents is 1. The van der Waals surface area contributed by atoms with Crippen LogP contribution >= 0.6 is 23.4 Å². The second kappa shape index (κ2) is 11.8. The third-order valence-corrected chi connectivity index (χ3v) is 6.22. The first-order valence-corrected chi connectivity index (χ1v) is 11.3. The number of phenols is 1. The molecule has 0 heterocycles. The molecule has 0 aliphatic rings. The summed E-state index contributed by atoms with van der Waals surface area (Å²) in [6.45, 7) is 4.70.